The molecule has 1 aromatic carbocycles. The Balaban J connectivity index is 1.69. The molecular formula is C44H48N4O7. The number of aryl methyl sites for hydroxylation is 3. The summed E-state index contributed by atoms with van der Waals surface area (Å²) in [5.41, 5.74) is 11.9. The molecule has 6 rings (SSSR count). The van der Waals surface area contributed by atoms with Crippen molar-refractivity contribution in [2.45, 2.75) is 78.7 Å². The maximum absolute atomic E-state index is 13.9. The van der Waals surface area contributed by atoms with Gasteiger partial charge in [0.05, 0.1) is 50.4 Å². The zero-order chi connectivity index (χ0) is 39.6. The van der Waals surface area contributed by atoms with Gasteiger partial charge >= 0.3 is 17.9 Å². The molecule has 2 aliphatic rings. The van der Waals surface area contributed by atoms with E-state index >= 15 is 0 Å². The quantitative estimate of drug-likeness (QED) is 0.114. The van der Waals surface area contributed by atoms with Crippen molar-refractivity contribution in [3.8, 4) is 5.75 Å². The number of carbonyl (C=O) groups excluding carboxylic acids is 3. The molecule has 2 N–H and O–H groups in total. The highest BCUT2D eigenvalue weighted by Crippen LogP contribution is 2.44. The molecule has 2 atom stereocenters. The monoisotopic (exact) mass is 744 g/mol. The largest absolute Gasteiger partial charge is 0.497 e. The number of ether oxygens (including phenoxy) is 4. The molecule has 0 radical (unpaired) electrons. The van der Waals surface area contributed by atoms with Gasteiger partial charge in [-0.1, -0.05) is 38.6 Å². The van der Waals surface area contributed by atoms with Crippen LogP contribution in [0.15, 0.2) is 49.0 Å². The molecular weight excluding hydrogens is 697 g/mol. The number of nitrogens with one attached hydrogen (secondary N) is 2. The van der Waals surface area contributed by atoms with Crippen LogP contribution in [0.5, 0.6) is 5.75 Å². The lowest BCUT2D eigenvalue weighted by Crippen LogP contribution is -2.16. The minimum absolute atomic E-state index is 0.0255. The normalized spacial score (nSPS) is 15.1. The Morgan fingerprint density at radius 3 is 2.22 bits per heavy atom. The average molecular weight is 745 g/mol. The highest BCUT2D eigenvalue weighted by Gasteiger charge is 2.36. The van der Waals surface area contributed by atoms with Crippen molar-refractivity contribution in [2.75, 3.05) is 21.3 Å². The fourth-order valence-electron chi connectivity index (χ4n) is 7.64. The molecule has 5 heterocycles. The molecule has 3 aromatic heterocycles. The number of methoxy groups -OCH3 is 3. The van der Waals surface area contributed by atoms with E-state index < -0.39 is 11.9 Å². The van der Waals surface area contributed by atoms with Crippen LogP contribution in [-0.2, 0) is 48.0 Å². The van der Waals surface area contributed by atoms with Crippen molar-refractivity contribution in [1.29, 1.82) is 0 Å². The van der Waals surface area contributed by atoms with Crippen LogP contribution >= 0.6 is 0 Å². The van der Waals surface area contributed by atoms with E-state index in [0.717, 1.165) is 62.0 Å². The molecule has 0 aliphatic carbocycles. The van der Waals surface area contributed by atoms with Crippen molar-refractivity contribution in [1.82, 2.24) is 19.9 Å². The molecule has 8 bridgehead atoms. The van der Waals surface area contributed by atoms with Gasteiger partial charge in [-0.2, -0.15) is 0 Å². The topological polar surface area (TPSA) is 145 Å². The van der Waals surface area contributed by atoms with Gasteiger partial charge in [-0.25, -0.2) is 9.78 Å². The van der Waals surface area contributed by atoms with Crippen LogP contribution in [0.4, 0.5) is 0 Å². The number of nitrogens with zero attached hydrogens (tertiary/aromatic N) is 2. The van der Waals surface area contributed by atoms with Gasteiger partial charge in [-0.3, -0.25) is 14.6 Å². The second kappa shape index (κ2) is 16.2. The molecule has 2 aliphatic heterocycles. The Morgan fingerprint density at radius 1 is 0.855 bits per heavy atom. The predicted molar refractivity (Wildman–Crippen MR) is 213 cm³/mol. The van der Waals surface area contributed by atoms with Gasteiger partial charge in [0.25, 0.3) is 0 Å². The molecule has 0 fully saturated rings. The first-order valence-corrected chi connectivity index (χ1v) is 18.5. The highest BCUT2D eigenvalue weighted by atomic mass is 16.5. The van der Waals surface area contributed by atoms with Crippen LogP contribution < -0.4 is 4.74 Å². The summed E-state index contributed by atoms with van der Waals surface area (Å²) in [6.07, 6.45) is 2.87. The molecule has 4 aromatic rings. The van der Waals surface area contributed by atoms with Crippen LogP contribution in [0, 0.1) is 13.8 Å². The number of rotatable bonds is 11. The first-order valence-electron chi connectivity index (χ1n) is 18.5. The van der Waals surface area contributed by atoms with Gasteiger partial charge in [0.2, 0.25) is 0 Å². The number of benzene rings is 1. The number of esters is 3. The molecule has 0 saturated heterocycles. The second-order valence-electron chi connectivity index (χ2n) is 14.0. The van der Waals surface area contributed by atoms with Crippen LogP contribution in [0.3, 0.4) is 0 Å². The third-order valence-corrected chi connectivity index (χ3v) is 10.9. The summed E-state index contributed by atoms with van der Waals surface area (Å²) in [5, 5.41) is 0. The van der Waals surface area contributed by atoms with E-state index in [0.29, 0.717) is 40.4 Å². The van der Waals surface area contributed by atoms with Gasteiger partial charge in [-0.15, -0.1) is 0 Å². The summed E-state index contributed by atoms with van der Waals surface area (Å²) in [6, 6.07) is 13.3. The Labute approximate surface area is 320 Å². The highest BCUT2D eigenvalue weighted by molar-refractivity contribution is 6.25. The van der Waals surface area contributed by atoms with E-state index in [1.165, 1.54) is 14.2 Å². The number of hydrogen-bond donors (Lipinski definition) is 2. The lowest BCUT2D eigenvalue weighted by molar-refractivity contribution is -0.144. The number of aromatic amines is 2. The first-order chi connectivity index (χ1) is 26.4. The average Bonchev–Trinajstić information content (AvgIpc) is 3.87. The van der Waals surface area contributed by atoms with E-state index in [2.05, 4.69) is 43.4 Å². The second-order valence-corrected chi connectivity index (χ2v) is 14.0. The van der Waals surface area contributed by atoms with Gasteiger partial charge in [0.1, 0.15) is 12.4 Å². The minimum Gasteiger partial charge on any atom is -0.497 e. The number of aromatic nitrogens is 4. The summed E-state index contributed by atoms with van der Waals surface area (Å²) in [7, 11) is 4.27. The van der Waals surface area contributed by atoms with Crippen molar-refractivity contribution in [3.63, 3.8) is 0 Å². The summed E-state index contributed by atoms with van der Waals surface area (Å²) in [5.74, 6) is -1.31. The number of allylic oxidation sites excluding steroid dienone is 1. The molecule has 0 amide bonds. The summed E-state index contributed by atoms with van der Waals surface area (Å²) < 4.78 is 21.5. The van der Waals surface area contributed by atoms with E-state index in [1.807, 2.05) is 44.2 Å². The Hall–Kier alpha value is -5.97. The summed E-state index contributed by atoms with van der Waals surface area (Å²) >= 11 is 0. The Kier molecular flexibility index (Phi) is 11.4. The molecule has 286 valence electrons. The number of carbonyl (C=O) groups is 3. The zero-order valence-electron chi connectivity index (χ0n) is 32.8. The molecule has 11 nitrogen and oxygen atoms in total. The maximum atomic E-state index is 13.9. The molecule has 11 heteroatoms. The lowest BCUT2D eigenvalue weighted by Gasteiger charge is -2.18. The van der Waals surface area contributed by atoms with E-state index in [1.54, 1.807) is 19.2 Å². The summed E-state index contributed by atoms with van der Waals surface area (Å²) in [4.78, 5) is 57.7. The third kappa shape index (κ3) is 7.56. The van der Waals surface area contributed by atoms with Gasteiger partial charge < -0.3 is 28.9 Å². The zero-order valence-corrected chi connectivity index (χ0v) is 32.8. The molecule has 0 saturated carbocycles. The van der Waals surface area contributed by atoms with Crippen molar-refractivity contribution >= 4 is 57.2 Å². The van der Waals surface area contributed by atoms with Crippen LogP contribution in [0.1, 0.15) is 102 Å². The number of H-pyrrole nitrogens is 2. The predicted octanol–water partition coefficient (Wildman–Crippen LogP) is 8.38. The smallest absolute Gasteiger partial charge is 0.340 e. The van der Waals surface area contributed by atoms with Crippen LogP contribution in [0.2, 0.25) is 0 Å². The first kappa shape index (κ1) is 38.7. The van der Waals surface area contributed by atoms with E-state index in [4.69, 9.17) is 28.9 Å². The fraction of sp³-hybridized carbons (Fsp3) is 0.341. The van der Waals surface area contributed by atoms with E-state index in [-0.39, 0.29) is 42.8 Å². The Morgan fingerprint density at radius 2 is 1.56 bits per heavy atom. The summed E-state index contributed by atoms with van der Waals surface area (Å²) in [6.45, 7) is 14.3. The van der Waals surface area contributed by atoms with Crippen LogP contribution in [0.25, 0.3) is 39.3 Å². The van der Waals surface area contributed by atoms with Gasteiger partial charge in [0.15, 0.2) is 0 Å². The van der Waals surface area contributed by atoms with E-state index in [9.17, 15) is 14.4 Å². The SMILES string of the molecule is C=Cc1c(C)c2cc3nc(c(CC(=O)OCc4ccc(OC)cc4)c4nc(cc5[nH]c(cc1[nH]2)c(C)c5CC)C(C)=C4C(=O)OC)[C@@H](CCC(=O)OC)[C@@H]3C. The lowest BCUT2D eigenvalue weighted by atomic mass is 9.84. The molecule has 0 unspecified atom stereocenters. The Bertz CT molecular complexity index is 2380. The number of hydrogen-bond acceptors (Lipinski definition) is 9. The maximum Gasteiger partial charge on any atom is 0.340 e. The van der Waals surface area contributed by atoms with Crippen LogP contribution in [-0.4, -0.2) is 59.2 Å². The fourth-order valence-corrected chi connectivity index (χ4v) is 7.64. The minimum atomic E-state index is -0.589. The van der Waals surface area contributed by atoms with Gasteiger partial charge in [0, 0.05) is 57.1 Å². The standard InChI is InChI=1S/C44H48N4O7/c1-10-29-23(3)33-19-35-25(5)31(16-17-39(49)53-8)42(47-35)32(18-40(50)55-22-27-12-14-28(52-7)15-13-27)43-41(44(51)54-9)26(6)36(48-43)21-38-30(11-2)24(4)34(46-38)20-37(29)45-33/h10,12-15,19-21,25,31,45-46H,1,11,16-18,22H2,2-9H3/t25-,31-/m0/s1. The van der Waals surface area contributed by atoms with Crippen molar-refractivity contribution < 1.29 is 33.3 Å². The number of fused-ring (bicyclic) bond motifs is 8. The third-order valence-electron chi connectivity index (χ3n) is 10.9. The van der Waals surface area contributed by atoms with Gasteiger partial charge in [-0.05, 0) is 91.8 Å². The van der Waals surface area contributed by atoms with Crippen molar-refractivity contribution in [2.24, 2.45) is 0 Å². The molecule has 0 spiro atoms. The van der Waals surface area contributed by atoms with Crippen molar-refractivity contribution in [3.05, 3.63) is 105 Å². The molecule has 55 heavy (non-hydrogen) atoms.